The molecule has 7 nitrogen and oxygen atoms in total. The van der Waals surface area contributed by atoms with Gasteiger partial charge in [0.05, 0.1) is 22.0 Å². The van der Waals surface area contributed by atoms with Crippen LogP contribution in [0.25, 0.3) is 0 Å². The number of rotatable bonds is 9. The van der Waals surface area contributed by atoms with Crippen LogP contribution in [0.3, 0.4) is 0 Å². The van der Waals surface area contributed by atoms with E-state index in [9.17, 15) is 23.1 Å². The van der Waals surface area contributed by atoms with Crippen molar-refractivity contribution in [2.24, 2.45) is 0 Å². The fourth-order valence-electron chi connectivity index (χ4n) is 3.16. The molecule has 0 aliphatic rings. The molecule has 166 valence electrons. The third kappa shape index (κ3) is 5.73. The Morgan fingerprint density at radius 2 is 1.53 bits per heavy atom. The van der Waals surface area contributed by atoms with E-state index in [1.165, 1.54) is 18.2 Å². The Morgan fingerprint density at radius 1 is 0.906 bits per heavy atom. The van der Waals surface area contributed by atoms with Gasteiger partial charge in [0, 0.05) is 6.42 Å². The van der Waals surface area contributed by atoms with Gasteiger partial charge in [0.1, 0.15) is 6.04 Å². The highest BCUT2D eigenvalue weighted by molar-refractivity contribution is 7.91. The van der Waals surface area contributed by atoms with Crippen LogP contribution < -0.4 is 10.6 Å². The minimum atomic E-state index is -3.80. The van der Waals surface area contributed by atoms with Crippen molar-refractivity contribution in [2.75, 3.05) is 11.9 Å². The number of nitrogens with one attached hydrogen (secondary N) is 2. The first-order chi connectivity index (χ1) is 15.3. The molecule has 1 atom stereocenters. The van der Waals surface area contributed by atoms with E-state index in [-0.39, 0.29) is 28.4 Å². The maximum atomic E-state index is 13.1. The van der Waals surface area contributed by atoms with Crippen molar-refractivity contribution in [1.29, 1.82) is 0 Å². The molecule has 0 aliphatic carbocycles. The van der Waals surface area contributed by atoms with E-state index < -0.39 is 27.8 Å². The van der Waals surface area contributed by atoms with Gasteiger partial charge in [0.25, 0.3) is 0 Å². The van der Waals surface area contributed by atoms with Crippen molar-refractivity contribution in [3.63, 3.8) is 0 Å². The number of benzene rings is 3. The fourth-order valence-corrected chi connectivity index (χ4v) is 4.60. The lowest BCUT2D eigenvalue weighted by Crippen LogP contribution is -2.44. The lowest BCUT2D eigenvalue weighted by atomic mass is 10.1. The summed E-state index contributed by atoms with van der Waals surface area (Å²) in [5.74, 6) is -1.71. The number of carboxylic acids is 1. The summed E-state index contributed by atoms with van der Waals surface area (Å²) >= 11 is 0. The van der Waals surface area contributed by atoms with Crippen LogP contribution in [0, 0.1) is 6.92 Å². The molecule has 3 aromatic rings. The molecule has 0 radical (unpaired) electrons. The number of carboxylic acid groups (broad SMARTS) is 1. The second-order valence-electron chi connectivity index (χ2n) is 7.31. The number of para-hydroxylation sites is 1. The first kappa shape index (κ1) is 23.0. The first-order valence-electron chi connectivity index (χ1n) is 9.98. The molecule has 0 heterocycles. The third-order valence-corrected chi connectivity index (χ3v) is 6.69. The standard InChI is InChI=1S/C24H24N2O5S/c1-17-11-13-19(14-12-17)32(30,31)22-10-6-5-9-20(22)25-16-23(27)26-21(24(28)29)15-18-7-3-2-4-8-18/h2-14,21,25H,15-16H2,1H3,(H,26,27)(H,28,29)/t21-/m0/s1. The molecule has 0 spiro atoms. The van der Waals surface area contributed by atoms with Gasteiger partial charge in [-0.25, -0.2) is 13.2 Å². The number of anilines is 1. The summed E-state index contributed by atoms with van der Waals surface area (Å²) in [7, 11) is -3.80. The highest BCUT2D eigenvalue weighted by Crippen LogP contribution is 2.27. The fraction of sp³-hybridized carbons (Fsp3) is 0.167. The molecule has 0 saturated carbocycles. The van der Waals surface area contributed by atoms with Crippen LogP contribution in [0.5, 0.6) is 0 Å². The normalized spacial score (nSPS) is 12.0. The van der Waals surface area contributed by atoms with Gasteiger partial charge in [-0.3, -0.25) is 4.79 Å². The van der Waals surface area contributed by atoms with E-state index in [1.54, 1.807) is 54.6 Å². The number of sulfone groups is 1. The molecule has 1 amide bonds. The summed E-state index contributed by atoms with van der Waals surface area (Å²) in [6.07, 6.45) is 0.139. The molecule has 0 fully saturated rings. The van der Waals surface area contributed by atoms with Gasteiger partial charge in [0.2, 0.25) is 15.7 Å². The van der Waals surface area contributed by atoms with Crippen LogP contribution in [-0.4, -0.2) is 38.0 Å². The van der Waals surface area contributed by atoms with Crippen molar-refractivity contribution in [3.05, 3.63) is 90.0 Å². The molecule has 3 rings (SSSR count). The Labute approximate surface area is 187 Å². The van der Waals surface area contributed by atoms with Gasteiger partial charge in [-0.1, -0.05) is 60.2 Å². The van der Waals surface area contributed by atoms with Crippen molar-refractivity contribution in [1.82, 2.24) is 5.32 Å². The Balaban J connectivity index is 1.71. The molecule has 0 bridgehead atoms. The second kappa shape index (κ2) is 10.1. The van der Waals surface area contributed by atoms with Crippen LogP contribution >= 0.6 is 0 Å². The average molecular weight is 453 g/mol. The van der Waals surface area contributed by atoms with Gasteiger partial charge < -0.3 is 15.7 Å². The summed E-state index contributed by atoms with van der Waals surface area (Å²) in [6, 6.07) is 20.7. The molecule has 8 heteroatoms. The van der Waals surface area contributed by atoms with E-state index in [0.717, 1.165) is 11.1 Å². The Morgan fingerprint density at radius 3 is 2.19 bits per heavy atom. The zero-order valence-corrected chi connectivity index (χ0v) is 18.3. The van der Waals surface area contributed by atoms with Crippen molar-refractivity contribution >= 4 is 27.4 Å². The summed E-state index contributed by atoms with van der Waals surface area (Å²) in [4.78, 5) is 24.2. The number of carbonyl (C=O) groups is 2. The highest BCUT2D eigenvalue weighted by Gasteiger charge is 2.23. The average Bonchev–Trinajstić information content (AvgIpc) is 2.78. The largest absolute Gasteiger partial charge is 0.480 e. The molecule has 3 aromatic carbocycles. The van der Waals surface area contributed by atoms with Crippen molar-refractivity contribution in [3.8, 4) is 0 Å². The Hall–Kier alpha value is -3.65. The summed E-state index contributed by atoms with van der Waals surface area (Å²) < 4.78 is 26.1. The summed E-state index contributed by atoms with van der Waals surface area (Å²) in [5.41, 5.74) is 1.98. The molecule has 0 unspecified atom stereocenters. The van der Waals surface area contributed by atoms with Crippen LogP contribution in [-0.2, 0) is 25.8 Å². The van der Waals surface area contributed by atoms with Crippen LogP contribution in [0.15, 0.2) is 88.7 Å². The van der Waals surface area contributed by atoms with Crippen LogP contribution in [0.2, 0.25) is 0 Å². The summed E-state index contributed by atoms with van der Waals surface area (Å²) in [6.45, 7) is 1.59. The Bertz CT molecular complexity index is 1190. The lowest BCUT2D eigenvalue weighted by molar-refractivity contribution is -0.141. The first-order valence-corrected chi connectivity index (χ1v) is 11.5. The molecule has 0 aromatic heterocycles. The third-order valence-electron chi connectivity index (χ3n) is 4.86. The van der Waals surface area contributed by atoms with Gasteiger partial charge in [0.15, 0.2) is 0 Å². The number of hydrogen-bond acceptors (Lipinski definition) is 5. The zero-order chi connectivity index (χ0) is 23.1. The number of hydrogen-bond donors (Lipinski definition) is 3. The maximum Gasteiger partial charge on any atom is 0.326 e. The molecule has 3 N–H and O–H groups in total. The number of carbonyl (C=O) groups excluding carboxylic acids is 1. The lowest BCUT2D eigenvalue weighted by Gasteiger charge is -2.16. The van der Waals surface area contributed by atoms with Crippen LogP contribution in [0.1, 0.15) is 11.1 Å². The van der Waals surface area contributed by atoms with Crippen LogP contribution in [0.4, 0.5) is 5.69 Å². The van der Waals surface area contributed by atoms with Gasteiger partial charge in [-0.2, -0.15) is 0 Å². The molecule has 32 heavy (non-hydrogen) atoms. The number of aliphatic carboxylic acids is 1. The quantitative estimate of drug-likeness (QED) is 0.460. The highest BCUT2D eigenvalue weighted by atomic mass is 32.2. The minimum Gasteiger partial charge on any atom is -0.480 e. The van der Waals surface area contributed by atoms with Gasteiger partial charge >= 0.3 is 5.97 Å². The second-order valence-corrected chi connectivity index (χ2v) is 9.23. The Kier molecular flexibility index (Phi) is 7.27. The van der Waals surface area contributed by atoms with E-state index in [1.807, 2.05) is 13.0 Å². The minimum absolute atomic E-state index is 0.0377. The van der Waals surface area contributed by atoms with Crippen molar-refractivity contribution < 1.29 is 23.1 Å². The number of aryl methyl sites for hydroxylation is 1. The molecular weight excluding hydrogens is 428 g/mol. The number of amides is 1. The van der Waals surface area contributed by atoms with Gasteiger partial charge in [-0.05, 0) is 36.8 Å². The smallest absolute Gasteiger partial charge is 0.326 e. The van der Waals surface area contributed by atoms with E-state index in [4.69, 9.17) is 0 Å². The molecule has 0 saturated heterocycles. The predicted molar refractivity (Wildman–Crippen MR) is 121 cm³/mol. The maximum absolute atomic E-state index is 13.1. The SMILES string of the molecule is Cc1ccc(S(=O)(=O)c2ccccc2NCC(=O)N[C@@H](Cc2ccccc2)C(=O)O)cc1. The van der Waals surface area contributed by atoms with Crippen molar-refractivity contribution in [2.45, 2.75) is 29.2 Å². The zero-order valence-electron chi connectivity index (χ0n) is 17.5. The monoisotopic (exact) mass is 452 g/mol. The molecule has 0 aliphatic heterocycles. The van der Waals surface area contributed by atoms with Gasteiger partial charge in [-0.15, -0.1) is 0 Å². The van der Waals surface area contributed by atoms with E-state index >= 15 is 0 Å². The predicted octanol–water partition coefficient (Wildman–Crippen LogP) is 3.05. The molecular formula is C24H24N2O5S. The van der Waals surface area contributed by atoms with E-state index in [2.05, 4.69) is 10.6 Å². The summed E-state index contributed by atoms with van der Waals surface area (Å²) in [5, 5.41) is 14.8. The topological polar surface area (TPSA) is 113 Å². The van der Waals surface area contributed by atoms with E-state index in [0.29, 0.717) is 0 Å².